The monoisotopic (exact) mass is 312 g/mol. The molecule has 3 aromatic heterocycles. The first-order valence-electron chi connectivity index (χ1n) is 7.76. The summed E-state index contributed by atoms with van der Waals surface area (Å²) in [6.45, 7) is 0. The Balaban J connectivity index is 1.98. The molecule has 1 aromatic carbocycles. The van der Waals surface area contributed by atoms with Crippen LogP contribution in [-0.4, -0.2) is 15.0 Å². The van der Waals surface area contributed by atoms with E-state index in [-0.39, 0.29) is 0 Å². The van der Waals surface area contributed by atoms with E-state index in [1.165, 1.54) is 0 Å². The summed E-state index contributed by atoms with van der Waals surface area (Å²) in [5.41, 5.74) is 8.91. The SMILES string of the molecule is NC(c1ccccn1)(c1ccccn1)c1ccc2ccccc2n1. The van der Waals surface area contributed by atoms with Gasteiger partial charge in [0, 0.05) is 17.8 Å². The minimum Gasteiger partial charge on any atom is -0.310 e. The lowest BCUT2D eigenvalue weighted by atomic mass is 9.86. The Morgan fingerprint density at radius 1 is 0.625 bits per heavy atom. The summed E-state index contributed by atoms with van der Waals surface area (Å²) in [5, 5.41) is 1.07. The number of rotatable bonds is 3. The number of fused-ring (bicyclic) bond motifs is 1. The molecule has 0 saturated carbocycles. The number of hydrogen-bond donors (Lipinski definition) is 1. The highest BCUT2D eigenvalue weighted by molar-refractivity contribution is 5.78. The third-order valence-corrected chi connectivity index (χ3v) is 4.14. The van der Waals surface area contributed by atoms with Crippen molar-refractivity contribution in [3.63, 3.8) is 0 Å². The molecule has 0 atom stereocenters. The lowest BCUT2D eigenvalue weighted by Gasteiger charge is -2.28. The van der Waals surface area contributed by atoms with Crippen LogP contribution in [0.15, 0.2) is 85.2 Å². The maximum atomic E-state index is 6.87. The zero-order valence-corrected chi connectivity index (χ0v) is 13.0. The average molecular weight is 312 g/mol. The van der Waals surface area contributed by atoms with Crippen molar-refractivity contribution in [3.05, 3.63) is 102 Å². The molecule has 4 nitrogen and oxygen atoms in total. The summed E-state index contributed by atoms with van der Waals surface area (Å²) in [6, 6.07) is 23.4. The molecule has 3 heterocycles. The zero-order valence-electron chi connectivity index (χ0n) is 13.0. The Hall–Kier alpha value is -3.11. The van der Waals surface area contributed by atoms with Crippen molar-refractivity contribution < 1.29 is 0 Å². The van der Waals surface area contributed by atoms with E-state index in [1.54, 1.807) is 12.4 Å². The topological polar surface area (TPSA) is 64.7 Å². The molecule has 0 saturated heterocycles. The predicted molar refractivity (Wildman–Crippen MR) is 94.3 cm³/mol. The average Bonchev–Trinajstić information content (AvgIpc) is 2.68. The normalized spacial score (nSPS) is 11.5. The van der Waals surface area contributed by atoms with Crippen LogP contribution in [0.2, 0.25) is 0 Å². The number of aromatic nitrogens is 3. The second-order valence-corrected chi connectivity index (χ2v) is 5.63. The predicted octanol–water partition coefficient (Wildman–Crippen LogP) is 3.28. The van der Waals surface area contributed by atoms with E-state index in [1.807, 2.05) is 72.8 Å². The Morgan fingerprint density at radius 2 is 1.25 bits per heavy atom. The second-order valence-electron chi connectivity index (χ2n) is 5.63. The van der Waals surface area contributed by atoms with E-state index >= 15 is 0 Å². The summed E-state index contributed by atoms with van der Waals surface area (Å²) in [5.74, 6) is 0. The Morgan fingerprint density at radius 3 is 1.88 bits per heavy atom. The number of benzene rings is 1. The van der Waals surface area contributed by atoms with E-state index in [9.17, 15) is 0 Å². The summed E-state index contributed by atoms with van der Waals surface area (Å²) < 4.78 is 0. The number of nitrogens with zero attached hydrogens (tertiary/aromatic N) is 3. The van der Waals surface area contributed by atoms with Gasteiger partial charge in [0.15, 0.2) is 0 Å². The van der Waals surface area contributed by atoms with Gasteiger partial charge in [-0.2, -0.15) is 0 Å². The molecular weight excluding hydrogens is 296 g/mol. The maximum Gasteiger partial charge on any atom is 0.144 e. The summed E-state index contributed by atoms with van der Waals surface area (Å²) in [4.78, 5) is 13.8. The smallest absolute Gasteiger partial charge is 0.144 e. The first kappa shape index (κ1) is 14.5. The maximum absolute atomic E-state index is 6.87. The third-order valence-electron chi connectivity index (χ3n) is 4.14. The fraction of sp³-hybridized carbons (Fsp3) is 0.0500. The highest BCUT2D eigenvalue weighted by Gasteiger charge is 2.36. The summed E-state index contributed by atoms with van der Waals surface area (Å²) >= 11 is 0. The molecule has 0 radical (unpaired) electrons. The highest BCUT2D eigenvalue weighted by Crippen LogP contribution is 2.31. The van der Waals surface area contributed by atoms with Crippen LogP contribution in [0, 0.1) is 0 Å². The van der Waals surface area contributed by atoms with Gasteiger partial charge in [-0.05, 0) is 36.4 Å². The van der Waals surface area contributed by atoms with Crippen molar-refractivity contribution in [3.8, 4) is 0 Å². The molecule has 24 heavy (non-hydrogen) atoms. The van der Waals surface area contributed by atoms with Crippen molar-refractivity contribution >= 4 is 10.9 Å². The minimum absolute atomic E-state index is 0.714. The lowest BCUT2D eigenvalue weighted by molar-refractivity contribution is 0.589. The van der Waals surface area contributed by atoms with Crippen molar-refractivity contribution in [2.45, 2.75) is 5.54 Å². The van der Waals surface area contributed by atoms with Crippen LogP contribution in [0.5, 0.6) is 0 Å². The molecule has 0 spiro atoms. The van der Waals surface area contributed by atoms with Crippen LogP contribution in [0.25, 0.3) is 10.9 Å². The van der Waals surface area contributed by atoms with Crippen LogP contribution >= 0.6 is 0 Å². The molecule has 0 bridgehead atoms. The fourth-order valence-electron chi connectivity index (χ4n) is 2.87. The molecule has 0 amide bonds. The van der Waals surface area contributed by atoms with E-state index in [4.69, 9.17) is 10.7 Å². The van der Waals surface area contributed by atoms with Gasteiger partial charge in [-0.15, -0.1) is 0 Å². The standard InChI is InChI=1S/C20H16N4/c21-20(17-9-3-5-13-22-17,18-10-4-6-14-23-18)19-12-11-15-7-1-2-8-16(15)24-19/h1-14H,21H2. The molecule has 0 unspecified atom stereocenters. The lowest BCUT2D eigenvalue weighted by Crippen LogP contribution is -2.41. The van der Waals surface area contributed by atoms with Crippen LogP contribution in [0.3, 0.4) is 0 Å². The number of nitrogens with two attached hydrogens (primary N) is 1. The Kier molecular flexibility index (Phi) is 3.52. The van der Waals surface area contributed by atoms with Gasteiger partial charge in [-0.3, -0.25) is 9.97 Å². The van der Waals surface area contributed by atoms with Gasteiger partial charge in [0.05, 0.1) is 22.6 Å². The third kappa shape index (κ3) is 2.33. The van der Waals surface area contributed by atoms with E-state index in [2.05, 4.69) is 9.97 Å². The molecule has 0 aliphatic carbocycles. The highest BCUT2D eigenvalue weighted by atomic mass is 14.9. The molecule has 0 aliphatic rings. The van der Waals surface area contributed by atoms with Gasteiger partial charge >= 0.3 is 0 Å². The van der Waals surface area contributed by atoms with Crippen molar-refractivity contribution in [2.24, 2.45) is 5.73 Å². The van der Waals surface area contributed by atoms with Gasteiger partial charge < -0.3 is 5.73 Å². The van der Waals surface area contributed by atoms with E-state index < -0.39 is 5.54 Å². The van der Waals surface area contributed by atoms with E-state index in [0.717, 1.165) is 16.6 Å². The van der Waals surface area contributed by atoms with Gasteiger partial charge in [-0.25, -0.2) is 4.98 Å². The van der Waals surface area contributed by atoms with Crippen LogP contribution in [-0.2, 0) is 5.54 Å². The molecule has 4 rings (SSSR count). The molecule has 0 aliphatic heterocycles. The van der Waals surface area contributed by atoms with Crippen molar-refractivity contribution in [2.75, 3.05) is 0 Å². The van der Waals surface area contributed by atoms with Crippen LogP contribution in [0.1, 0.15) is 17.1 Å². The second kappa shape index (κ2) is 5.83. The van der Waals surface area contributed by atoms with Gasteiger partial charge in [0.25, 0.3) is 0 Å². The van der Waals surface area contributed by atoms with Crippen LogP contribution in [0.4, 0.5) is 0 Å². The van der Waals surface area contributed by atoms with Gasteiger partial charge in [0.2, 0.25) is 0 Å². The van der Waals surface area contributed by atoms with Crippen LogP contribution < -0.4 is 5.73 Å². The van der Waals surface area contributed by atoms with E-state index in [0.29, 0.717) is 11.4 Å². The minimum atomic E-state index is -1.01. The largest absolute Gasteiger partial charge is 0.310 e. The molecule has 116 valence electrons. The number of hydrogen-bond acceptors (Lipinski definition) is 4. The molecule has 4 heteroatoms. The molecule has 0 fully saturated rings. The zero-order chi connectivity index (χ0) is 16.4. The quantitative estimate of drug-likeness (QED) is 0.630. The Labute approximate surface area is 140 Å². The van der Waals surface area contributed by atoms with Crippen molar-refractivity contribution in [1.82, 2.24) is 15.0 Å². The van der Waals surface area contributed by atoms with Gasteiger partial charge in [-0.1, -0.05) is 36.4 Å². The molecular formula is C20H16N4. The fourth-order valence-corrected chi connectivity index (χ4v) is 2.87. The Bertz CT molecular complexity index is 929. The van der Waals surface area contributed by atoms with Gasteiger partial charge in [0.1, 0.15) is 5.54 Å². The molecule has 4 aromatic rings. The van der Waals surface area contributed by atoms with Crippen molar-refractivity contribution in [1.29, 1.82) is 0 Å². The number of pyridine rings is 3. The number of para-hydroxylation sites is 1. The summed E-state index contributed by atoms with van der Waals surface area (Å²) in [6.07, 6.45) is 3.47. The summed E-state index contributed by atoms with van der Waals surface area (Å²) in [7, 11) is 0. The first-order chi connectivity index (χ1) is 11.8. The molecule has 2 N–H and O–H groups in total. The first-order valence-corrected chi connectivity index (χ1v) is 7.76.